The molecule has 2 heterocycles. The summed E-state index contributed by atoms with van der Waals surface area (Å²) in [5.74, 6) is 0.161. The molecule has 4 aromatic rings. The molecule has 1 saturated heterocycles. The number of nitrogens with two attached hydrogens (primary N) is 1. The van der Waals surface area contributed by atoms with Crippen molar-refractivity contribution < 1.29 is 27.5 Å². The molecule has 2 fully saturated rings. The van der Waals surface area contributed by atoms with Crippen LogP contribution in [-0.4, -0.2) is 50.3 Å². The van der Waals surface area contributed by atoms with Gasteiger partial charge in [0.25, 0.3) is 10.0 Å². The van der Waals surface area contributed by atoms with Gasteiger partial charge in [-0.2, -0.15) is 0 Å². The summed E-state index contributed by atoms with van der Waals surface area (Å²) in [6.07, 6.45) is 2.68. The lowest BCUT2D eigenvalue weighted by atomic mass is 9.88. The summed E-state index contributed by atoms with van der Waals surface area (Å²) in [6.45, 7) is 4.32. The number of benzene rings is 3. The van der Waals surface area contributed by atoms with Gasteiger partial charge in [-0.1, -0.05) is 36.4 Å². The first-order valence-electron chi connectivity index (χ1n) is 14.2. The normalized spacial score (nSPS) is 22.7. The number of amides is 1. The Kier molecular flexibility index (Phi) is 7.48. The van der Waals surface area contributed by atoms with Crippen molar-refractivity contribution >= 4 is 32.6 Å². The first-order chi connectivity index (χ1) is 21.1. The van der Waals surface area contributed by atoms with E-state index in [0.29, 0.717) is 41.4 Å². The van der Waals surface area contributed by atoms with E-state index in [1.54, 1.807) is 13.2 Å². The van der Waals surface area contributed by atoms with Gasteiger partial charge in [0.1, 0.15) is 22.7 Å². The maximum Gasteiger partial charge on any atom is 0.264 e. The SMILES string of the molecule is C=C[C@@]1(N)C[C@]1(C(=O)NS(=O)(=O)c1ccc(Oc2cc(-c3ccccc3)nc3cc(OC)ccc23)cc1)C(=O)C1CCCN1. The summed E-state index contributed by atoms with van der Waals surface area (Å²) in [5.41, 5.74) is 5.53. The quantitative estimate of drug-likeness (QED) is 0.178. The average molecular weight is 613 g/mol. The molecule has 1 aliphatic heterocycles. The van der Waals surface area contributed by atoms with E-state index in [9.17, 15) is 18.0 Å². The summed E-state index contributed by atoms with van der Waals surface area (Å²) >= 11 is 0. The summed E-state index contributed by atoms with van der Waals surface area (Å²) in [6, 6.07) is 22.0. The Morgan fingerprint density at radius 2 is 1.80 bits per heavy atom. The van der Waals surface area contributed by atoms with Crippen LogP contribution >= 0.6 is 0 Å². The van der Waals surface area contributed by atoms with Crippen LogP contribution in [0.5, 0.6) is 17.2 Å². The molecule has 3 atom stereocenters. The fourth-order valence-corrected chi connectivity index (χ4v) is 6.82. The molecule has 1 amide bonds. The second-order valence-electron chi connectivity index (χ2n) is 11.1. The number of carbonyl (C=O) groups is 2. The van der Waals surface area contributed by atoms with Crippen molar-refractivity contribution in [2.45, 2.75) is 35.7 Å². The number of Topliss-reactive ketones (excluding diaryl/α,β-unsaturated/α-hetero) is 1. The molecule has 1 aromatic heterocycles. The highest BCUT2D eigenvalue weighted by Crippen LogP contribution is 2.57. The molecule has 11 heteroatoms. The van der Waals surface area contributed by atoms with Gasteiger partial charge in [-0.25, -0.2) is 18.1 Å². The Labute approximate surface area is 255 Å². The molecule has 0 bridgehead atoms. The number of sulfonamides is 1. The monoisotopic (exact) mass is 612 g/mol. The molecule has 2 aliphatic rings. The molecule has 0 radical (unpaired) electrons. The highest BCUT2D eigenvalue weighted by molar-refractivity contribution is 7.90. The van der Waals surface area contributed by atoms with Crippen LogP contribution in [0.3, 0.4) is 0 Å². The van der Waals surface area contributed by atoms with E-state index in [-0.39, 0.29) is 11.3 Å². The van der Waals surface area contributed by atoms with Gasteiger partial charge in [-0.15, -0.1) is 6.58 Å². The number of pyridine rings is 1. The third-order valence-electron chi connectivity index (χ3n) is 8.41. The van der Waals surface area contributed by atoms with Crippen LogP contribution in [0.2, 0.25) is 0 Å². The lowest BCUT2D eigenvalue weighted by Gasteiger charge is -2.22. The van der Waals surface area contributed by atoms with Crippen molar-refractivity contribution in [1.82, 2.24) is 15.0 Å². The molecular weight excluding hydrogens is 580 g/mol. The van der Waals surface area contributed by atoms with Gasteiger partial charge in [0, 0.05) is 23.1 Å². The van der Waals surface area contributed by atoms with Gasteiger partial charge in [0.2, 0.25) is 5.91 Å². The highest BCUT2D eigenvalue weighted by Gasteiger charge is 2.74. The minimum absolute atomic E-state index is 0.00855. The zero-order valence-corrected chi connectivity index (χ0v) is 24.9. The van der Waals surface area contributed by atoms with E-state index in [1.165, 1.54) is 30.3 Å². The lowest BCUT2D eigenvalue weighted by Crippen LogP contribution is -2.51. The van der Waals surface area contributed by atoms with E-state index >= 15 is 0 Å². The number of hydrogen-bond donors (Lipinski definition) is 3. The number of ether oxygens (including phenoxy) is 2. The molecule has 1 aliphatic carbocycles. The Morgan fingerprint density at radius 3 is 2.43 bits per heavy atom. The molecule has 1 saturated carbocycles. The largest absolute Gasteiger partial charge is 0.497 e. The zero-order chi connectivity index (χ0) is 31.1. The van der Waals surface area contributed by atoms with Crippen molar-refractivity contribution in [3.8, 4) is 28.5 Å². The fourth-order valence-electron chi connectivity index (χ4n) is 5.79. The summed E-state index contributed by atoms with van der Waals surface area (Å²) in [4.78, 5) is 31.4. The Bertz CT molecular complexity index is 1870. The van der Waals surface area contributed by atoms with Gasteiger partial charge < -0.3 is 20.5 Å². The molecule has 1 unspecified atom stereocenters. The standard InChI is InChI=1S/C33H32N4O6S/c1-3-32(34)20-33(32,30(38)26-10-7-17-35-26)31(39)37-44(40,41)24-14-11-22(12-15-24)43-29-19-27(21-8-5-4-6-9-21)36-28-18-23(42-2)13-16-25(28)29/h3-6,8-9,11-16,18-19,26,35H,1,7,10,17,20,34H2,2H3,(H,37,39)/t26?,32-,33-/m1/s1. The molecule has 6 rings (SSSR count). The number of fused-ring (bicyclic) bond motifs is 1. The summed E-state index contributed by atoms with van der Waals surface area (Å²) in [7, 11) is -2.75. The Hall–Kier alpha value is -4.58. The van der Waals surface area contributed by atoms with E-state index in [4.69, 9.17) is 20.2 Å². The van der Waals surface area contributed by atoms with Crippen LogP contribution in [0, 0.1) is 5.41 Å². The van der Waals surface area contributed by atoms with E-state index < -0.39 is 38.7 Å². The molecule has 0 spiro atoms. The van der Waals surface area contributed by atoms with Crippen molar-refractivity contribution in [3.05, 3.63) is 91.5 Å². The third kappa shape index (κ3) is 5.12. The molecular formula is C33H32N4O6S. The van der Waals surface area contributed by atoms with Crippen molar-refractivity contribution in [1.29, 1.82) is 0 Å². The number of nitrogens with zero attached hydrogens (tertiary/aromatic N) is 1. The number of aromatic nitrogens is 1. The molecule has 226 valence electrons. The van der Waals surface area contributed by atoms with Crippen LogP contribution in [0.4, 0.5) is 0 Å². The number of methoxy groups -OCH3 is 1. The minimum Gasteiger partial charge on any atom is -0.497 e. The van der Waals surface area contributed by atoms with Crippen molar-refractivity contribution in [2.75, 3.05) is 13.7 Å². The number of carbonyl (C=O) groups excluding carboxylic acids is 2. The first kappa shape index (κ1) is 29.5. The molecule has 10 nitrogen and oxygen atoms in total. The number of ketones is 1. The van der Waals surface area contributed by atoms with Crippen LogP contribution in [0.1, 0.15) is 19.3 Å². The van der Waals surface area contributed by atoms with Gasteiger partial charge >= 0.3 is 0 Å². The topological polar surface area (TPSA) is 150 Å². The molecule has 3 aromatic carbocycles. The van der Waals surface area contributed by atoms with Crippen molar-refractivity contribution in [2.24, 2.45) is 11.1 Å². The fraction of sp³-hybridized carbons (Fsp3) is 0.242. The molecule has 44 heavy (non-hydrogen) atoms. The maximum atomic E-state index is 13.4. The molecule has 4 N–H and O–H groups in total. The summed E-state index contributed by atoms with van der Waals surface area (Å²) < 4.78 is 40.3. The maximum absolute atomic E-state index is 13.4. The van der Waals surface area contributed by atoms with E-state index in [1.807, 2.05) is 48.5 Å². The minimum atomic E-state index is -4.33. The second-order valence-corrected chi connectivity index (χ2v) is 12.8. The van der Waals surface area contributed by atoms with Gasteiger partial charge in [0.05, 0.1) is 34.8 Å². The smallest absolute Gasteiger partial charge is 0.264 e. The van der Waals surface area contributed by atoms with Gasteiger partial charge in [0.15, 0.2) is 5.78 Å². The van der Waals surface area contributed by atoms with Crippen molar-refractivity contribution in [3.63, 3.8) is 0 Å². The zero-order valence-electron chi connectivity index (χ0n) is 24.1. The summed E-state index contributed by atoms with van der Waals surface area (Å²) in [5, 5.41) is 3.81. The van der Waals surface area contributed by atoms with E-state index in [0.717, 1.165) is 17.4 Å². The van der Waals surface area contributed by atoms with Crippen LogP contribution < -0.4 is 25.2 Å². The van der Waals surface area contributed by atoms with Crippen LogP contribution in [-0.2, 0) is 19.6 Å². The third-order valence-corrected chi connectivity index (χ3v) is 9.76. The predicted molar refractivity (Wildman–Crippen MR) is 166 cm³/mol. The van der Waals surface area contributed by atoms with Gasteiger partial charge in [-0.05, 0) is 62.2 Å². The number of nitrogens with one attached hydrogen (secondary N) is 2. The predicted octanol–water partition coefficient (Wildman–Crippen LogP) is 4.10. The average Bonchev–Trinajstić information content (AvgIpc) is 3.35. The highest BCUT2D eigenvalue weighted by atomic mass is 32.2. The Morgan fingerprint density at radius 1 is 1.07 bits per heavy atom. The number of hydrogen-bond acceptors (Lipinski definition) is 9. The number of rotatable bonds is 10. The second kappa shape index (κ2) is 11.2. The lowest BCUT2D eigenvalue weighted by molar-refractivity contribution is -0.136. The van der Waals surface area contributed by atoms with Crippen LogP contribution in [0.15, 0.2) is 96.4 Å². The van der Waals surface area contributed by atoms with Crippen LogP contribution in [0.25, 0.3) is 22.2 Å². The Balaban J connectivity index is 1.25. The van der Waals surface area contributed by atoms with Gasteiger partial charge in [-0.3, -0.25) is 9.59 Å². The first-order valence-corrected chi connectivity index (χ1v) is 15.7. The van der Waals surface area contributed by atoms with E-state index in [2.05, 4.69) is 16.6 Å².